The first-order valence-corrected chi connectivity index (χ1v) is 8.24. The van der Waals surface area contributed by atoms with E-state index < -0.39 is 7.60 Å². The molecule has 0 unspecified atom stereocenters. The van der Waals surface area contributed by atoms with Crippen LogP contribution in [-0.2, 0) is 13.6 Å². The van der Waals surface area contributed by atoms with Crippen LogP contribution in [0.1, 0.15) is 29.8 Å². The molecule has 0 saturated heterocycles. The number of carbonyl (C=O) groups excluding carboxylic acids is 1. The third-order valence-corrected chi connectivity index (χ3v) is 4.68. The Hall–Kier alpha value is -1.16. The molecular weight excluding hydrogens is 279 g/mol. The summed E-state index contributed by atoms with van der Waals surface area (Å²) in [6.45, 7) is 5.76. The van der Waals surface area contributed by atoms with Crippen molar-refractivity contribution in [2.45, 2.75) is 20.8 Å². The zero-order valence-corrected chi connectivity index (χ0v) is 13.2. The van der Waals surface area contributed by atoms with Crippen molar-refractivity contribution < 1.29 is 23.1 Å². The van der Waals surface area contributed by atoms with Crippen LogP contribution in [0.5, 0.6) is 5.75 Å². The molecule has 0 aliphatic rings. The van der Waals surface area contributed by atoms with E-state index in [1.807, 2.05) is 6.92 Å². The summed E-state index contributed by atoms with van der Waals surface area (Å²) in [7, 11) is -1.78. The van der Waals surface area contributed by atoms with Crippen molar-refractivity contribution >= 4 is 13.4 Å². The molecule has 0 heterocycles. The van der Waals surface area contributed by atoms with E-state index >= 15 is 0 Å². The van der Waals surface area contributed by atoms with Gasteiger partial charge in [-0.25, -0.2) is 0 Å². The maximum Gasteiger partial charge on any atom is 0.338 e. The number of rotatable bonds is 8. The topological polar surface area (TPSA) is 61.8 Å². The molecule has 0 aliphatic carbocycles. The Balaban J connectivity index is 2.89. The van der Waals surface area contributed by atoms with Crippen LogP contribution in [0.2, 0.25) is 0 Å². The molecule has 0 spiro atoms. The SMILES string of the molecule is CCOP(=O)(CC(=O)c1ccc(OC)c(C)c1)OCC. The lowest BCUT2D eigenvalue weighted by atomic mass is 10.1. The minimum atomic E-state index is -3.36. The van der Waals surface area contributed by atoms with Gasteiger partial charge in [0.1, 0.15) is 11.9 Å². The molecule has 0 aliphatic heterocycles. The van der Waals surface area contributed by atoms with E-state index in [0.717, 1.165) is 5.56 Å². The van der Waals surface area contributed by atoms with Gasteiger partial charge in [0, 0.05) is 5.56 Å². The van der Waals surface area contributed by atoms with E-state index in [2.05, 4.69) is 0 Å². The smallest absolute Gasteiger partial charge is 0.338 e. The summed E-state index contributed by atoms with van der Waals surface area (Å²) in [5.41, 5.74) is 1.32. The number of hydrogen-bond acceptors (Lipinski definition) is 5. The summed E-state index contributed by atoms with van der Waals surface area (Å²) in [6, 6.07) is 5.08. The van der Waals surface area contributed by atoms with Crippen LogP contribution >= 0.6 is 7.60 Å². The zero-order chi connectivity index (χ0) is 15.2. The highest BCUT2D eigenvalue weighted by molar-refractivity contribution is 7.54. The summed E-state index contributed by atoms with van der Waals surface area (Å²) in [4.78, 5) is 12.2. The van der Waals surface area contributed by atoms with Gasteiger partial charge in [0.15, 0.2) is 5.78 Å². The third kappa shape index (κ3) is 4.44. The first kappa shape index (κ1) is 16.9. The standard InChI is InChI=1S/C14H21O5P/c1-5-18-20(16,19-6-2)10-13(15)12-7-8-14(17-4)11(3)9-12/h7-9H,5-6,10H2,1-4H3. The van der Waals surface area contributed by atoms with Crippen LogP contribution in [0.15, 0.2) is 18.2 Å². The number of aryl methyl sites for hydroxylation is 1. The molecule has 5 nitrogen and oxygen atoms in total. The Morgan fingerprint density at radius 1 is 1.20 bits per heavy atom. The average molecular weight is 300 g/mol. The van der Waals surface area contributed by atoms with Gasteiger partial charge < -0.3 is 13.8 Å². The fraction of sp³-hybridized carbons (Fsp3) is 0.500. The van der Waals surface area contributed by atoms with Gasteiger partial charge in [0.25, 0.3) is 0 Å². The Bertz CT molecular complexity index is 502. The van der Waals surface area contributed by atoms with E-state index in [-0.39, 0.29) is 25.2 Å². The lowest BCUT2D eigenvalue weighted by molar-refractivity contribution is 0.100. The van der Waals surface area contributed by atoms with Crippen molar-refractivity contribution in [3.05, 3.63) is 29.3 Å². The minimum absolute atomic E-state index is 0.242. The maximum atomic E-state index is 12.3. The van der Waals surface area contributed by atoms with Crippen molar-refractivity contribution in [2.75, 3.05) is 26.5 Å². The van der Waals surface area contributed by atoms with E-state index in [0.29, 0.717) is 11.3 Å². The number of ether oxygens (including phenoxy) is 1. The lowest BCUT2D eigenvalue weighted by Gasteiger charge is -2.16. The molecule has 1 aromatic rings. The summed E-state index contributed by atoms with van der Waals surface area (Å²) < 4.78 is 27.7. The maximum absolute atomic E-state index is 12.3. The molecule has 0 N–H and O–H groups in total. The Labute approximate surface area is 119 Å². The summed E-state index contributed by atoms with van der Waals surface area (Å²) >= 11 is 0. The largest absolute Gasteiger partial charge is 0.496 e. The molecule has 0 atom stereocenters. The fourth-order valence-electron chi connectivity index (χ4n) is 1.84. The molecule has 6 heteroatoms. The third-order valence-electron chi connectivity index (χ3n) is 2.71. The van der Waals surface area contributed by atoms with Gasteiger partial charge in [0.05, 0.1) is 20.3 Å². The van der Waals surface area contributed by atoms with E-state index in [1.54, 1.807) is 39.2 Å². The lowest BCUT2D eigenvalue weighted by Crippen LogP contribution is -2.10. The molecule has 0 bridgehead atoms. The number of Topliss-reactive ketones (excluding diaryl/α,β-unsaturated/α-hetero) is 1. The van der Waals surface area contributed by atoms with Crippen molar-refractivity contribution in [3.63, 3.8) is 0 Å². The number of carbonyl (C=O) groups is 1. The van der Waals surface area contributed by atoms with E-state index in [9.17, 15) is 9.36 Å². The van der Waals surface area contributed by atoms with Crippen LogP contribution in [0.25, 0.3) is 0 Å². The van der Waals surface area contributed by atoms with Crippen molar-refractivity contribution in [1.29, 1.82) is 0 Å². The Morgan fingerprint density at radius 2 is 1.80 bits per heavy atom. The fourth-order valence-corrected chi connectivity index (χ4v) is 3.42. The van der Waals surface area contributed by atoms with Crippen molar-refractivity contribution in [3.8, 4) is 5.75 Å². The molecular formula is C14H21O5P. The number of hydrogen-bond donors (Lipinski definition) is 0. The normalized spacial score (nSPS) is 11.4. The van der Waals surface area contributed by atoms with Gasteiger partial charge >= 0.3 is 7.60 Å². The monoisotopic (exact) mass is 300 g/mol. The number of ketones is 1. The molecule has 20 heavy (non-hydrogen) atoms. The highest BCUT2D eigenvalue weighted by Gasteiger charge is 2.28. The molecule has 112 valence electrons. The molecule has 0 amide bonds. The first-order valence-electron chi connectivity index (χ1n) is 6.51. The van der Waals surface area contributed by atoms with Crippen LogP contribution < -0.4 is 4.74 Å². The van der Waals surface area contributed by atoms with E-state index in [4.69, 9.17) is 13.8 Å². The average Bonchev–Trinajstić information content (AvgIpc) is 2.38. The van der Waals surface area contributed by atoms with Crippen LogP contribution in [-0.4, -0.2) is 32.3 Å². The summed E-state index contributed by atoms with van der Waals surface area (Å²) in [5, 5.41) is 0. The summed E-state index contributed by atoms with van der Waals surface area (Å²) in [5.74, 6) is 0.445. The Kier molecular flexibility index (Phi) is 6.40. The summed E-state index contributed by atoms with van der Waals surface area (Å²) in [6.07, 6.45) is -0.250. The van der Waals surface area contributed by atoms with Crippen LogP contribution in [0.3, 0.4) is 0 Å². The van der Waals surface area contributed by atoms with Gasteiger partial charge in [0.2, 0.25) is 0 Å². The molecule has 0 aromatic heterocycles. The predicted molar refractivity (Wildman–Crippen MR) is 77.8 cm³/mol. The van der Waals surface area contributed by atoms with Gasteiger partial charge in [-0.05, 0) is 44.5 Å². The molecule has 0 fully saturated rings. The van der Waals surface area contributed by atoms with Gasteiger partial charge in [-0.15, -0.1) is 0 Å². The second-order valence-corrected chi connectivity index (χ2v) is 6.27. The highest BCUT2D eigenvalue weighted by atomic mass is 31.2. The number of benzene rings is 1. The van der Waals surface area contributed by atoms with Crippen molar-refractivity contribution in [2.24, 2.45) is 0 Å². The molecule has 0 saturated carbocycles. The van der Waals surface area contributed by atoms with Crippen molar-refractivity contribution in [1.82, 2.24) is 0 Å². The molecule has 1 rings (SSSR count). The Morgan fingerprint density at radius 3 is 2.25 bits per heavy atom. The minimum Gasteiger partial charge on any atom is -0.496 e. The predicted octanol–water partition coefficient (Wildman–Crippen LogP) is 3.45. The quantitative estimate of drug-likeness (QED) is 0.543. The zero-order valence-electron chi connectivity index (χ0n) is 12.3. The van der Waals surface area contributed by atoms with Crippen LogP contribution in [0.4, 0.5) is 0 Å². The number of methoxy groups -OCH3 is 1. The van der Waals surface area contributed by atoms with Crippen LogP contribution in [0, 0.1) is 6.92 Å². The van der Waals surface area contributed by atoms with Gasteiger partial charge in [-0.3, -0.25) is 9.36 Å². The van der Waals surface area contributed by atoms with Gasteiger partial charge in [-0.2, -0.15) is 0 Å². The second-order valence-electron chi connectivity index (χ2n) is 4.21. The molecule has 0 radical (unpaired) electrons. The highest BCUT2D eigenvalue weighted by Crippen LogP contribution is 2.48. The van der Waals surface area contributed by atoms with Gasteiger partial charge in [-0.1, -0.05) is 0 Å². The molecule has 1 aromatic carbocycles. The first-order chi connectivity index (χ1) is 9.45. The van der Waals surface area contributed by atoms with E-state index in [1.165, 1.54) is 0 Å². The second kappa shape index (κ2) is 7.58.